The van der Waals surface area contributed by atoms with Crippen LogP contribution in [0.5, 0.6) is 0 Å². The van der Waals surface area contributed by atoms with Crippen molar-refractivity contribution in [3.05, 3.63) is 12.2 Å². The molecular weight excluding hydrogens is 172 g/mol. The van der Waals surface area contributed by atoms with Crippen molar-refractivity contribution in [2.24, 2.45) is 5.92 Å². The number of aliphatic hydroxyl groups is 1. The Hall–Kier alpha value is -0.300. The molecule has 0 amide bonds. The summed E-state index contributed by atoms with van der Waals surface area (Å²) in [6.45, 7) is 4.73. The van der Waals surface area contributed by atoms with Crippen LogP contribution in [-0.4, -0.2) is 11.7 Å². The monoisotopic (exact) mass is 198 g/mol. The first kappa shape index (κ1) is 13.7. The highest BCUT2D eigenvalue weighted by Crippen LogP contribution is 2.14. The summed E-state index contributed by atoms with van der Waals surface area (Å²) in [5.41, 5.74) is 0. The number of allylic oxidation sites excluding steroid dienone is 2. The maximum atomic E-state index is 9.08. The summed E-state index contributed by atoms with van der Waals surface area (Å²) in [5.74, 6) is 0.551. The minimum Gasteiger partial charge on any atom is -0.396 e. The lowest BCUT2D eigenvalue weighted by molar-refractivity contribution is 0.207. The van der Waals surface area contributed by atoms with Gasteiger partial charge in [0.05, 0.1) is 0 Å². The van der Waals surface area contributed by atoms with Crippen molar-refractivity contribution < 1.29 is 5.11 Å². The highest BCUT2D eigenvalue weighted by Gasteiger charge is 2.04. The number of aliphatic hydroxyl groups excluding tert-OH is 1. The van der Waals surface area contributed by atoms with Gasteiger partial charge in [0.25, 0.3) is 0 Å². The molecule has 0 saturated carbocycles. The van der Waals surface area contributed by atoms with Crippen molar-refractivity contribution in [3.63, 3.8) is 0 Å². The second-order valence-corrected chi connectivity index (χ2v) is 4.00. The summed E-state index contributed by atoms with van der Waals surface area (Å²) in [6, 6.07) is 0. The van der Waals surface area contributed by atoms with Crippen molar-refractivity contribution >= 4 is 0 Å². The van der Waals surface area contributed by atoms with Crippen LogP contribution >= 0.6 is 0 Å². The molecule has 1 atom stereocenters. The first-order valence-electron chi connectivity index (χ1n) is 6.11. The Labute approximate surface area is 89.2 Å². The van der Waals surface area contributed by atoms with Gasteiger partial charge >= 0.3 is 0 Å². The van der Waals surface area contributed by atoms with E-state index in [1.807, 2.05) is 0 Å². The molecule has 84 valence electrons. The zero-order valence-electron chi connectivity index (χ0n) is 9.84. The smallest absolute Gasteiger partial charge is 0.0459 e. The molecule has 0 aromatic heterocycles. The lowest BCUT2D eigenvalue weighted by atomic mass is 9.97. The molecule has 14 heavy (non-hydrogen) atoms. The van der Waals surface area contributed by atoms with Crippen molar-refractivity contribution in [3.8, 4) is 0 Å². The van der Waals surface area contributed by atoms with E-state index >= 15 is 0 Å². The molecule has 0 spiro atoms. The molecule has 0 saturated heterocycles. The van der Waals surface area contributed by atoms with Crippen LogP contribution in [0.1, 0.15) is 58.8 Å². The maximum Gasteiger partial charge on any atom is 0.0459 e. The molecule has 0 aliphatic carbocycles. The highest BCUT2D eigenvalue weighted by molar-refractivity contribution is 4.79. The molecule has 0 aliphatic rings. The zero-order chi connectivity index (χ0) is 10.6. The molecule has 1 N–H and O–H groups in total. The average Bonchev–Trinajstić information content (AvgIpc) is 2.21. The van der Waals surface area contributed by atoms with Gasteiger partial charge in [-0.05, 0) is 38.0 Å². The van der Waals surface area contributed by atoms with E-state index in [2.05, 4.69) is 26.0 Å². The van der Waals surface area contributed by atoms with Gasteiger partial charge < -0.3 is 5.11 Å². The summed E-state index contributed by atoms with van der Waals surface area (Å²) >= 11 is 0. The normalized spacial score (nSPS) is 13.6. The molecule has 0 bridgehead atoms. The minimum atomic E-state index is 0.374. The molecule has 1 nitrogen and oxygen atoms in total. The third kappa shape index (κ3) is 8.31. The lowest BCUT2D eigenvalue weighted by Gasteiger charge is -2.11. The van der Waals surface area contributed by atoms with Gasteiger partial charge in [-0.15, -0.1) is 0 Å². The van der Waals surface area contributed by atoms with Crippen LogP contribution < -0.4 is 0 Å². The molecule has 0 aliphatic heterocycles. The van der Waals surface area contributed by atoms with Gasteiger partial charge in [-0.25, -0.2) is 0 Å². The van der Waals surface area contributed by atoms with Crippen molar-refractivity contribution in [2.45, 2.75) is 58.8 Å². The SMILES string of the molecule is CC/C=C/CCCCC(CO)CCC. The van der Waals surface area contributed by atoms with Gasteiger partial charge in [0.1, 0.15) is 0 Å². The van der Waals surface area contributed by atoms with Crippen molar-refractivity contribution in [2.75, 3.05) is 6.61 Å². The van der Waals surface area contributed by atoms with E-state index in [1.165, 1.54) is 38.5 Å². The summed E-state index contributed by atoms with van der Waals surface area (Å²) in [6.07, 6.45) is 13.0. The van der Waals surface area contributed by atoms with Crippen LogP contribution in [-0.2, 0) is 0 Å². The Morgan fingerprint density at radius 2 is 1.86 bits per heavy atom. The minimum absolute atomic E-state index is 0.374. The van der Waals surface area contributed by atoms with Crippen LogP contribution in [0.3, 0.4) is 0 Å². The predicted molar refractivity (Wildman–Crippen MR) is 63.4 cm³/mol. The number of hydrogen-bond donors (Lipinski definition) is 1. The summed E-state index contributed by atoms with van der Waals surface area (Å²) in [4.78, 5) is 0. The van der Waals surface area contributed by atoms with Crippen LogP contribution in [0, 0.1) is 5.92 Å². The van der Waals surface area contributed by atoms with E-state index in [9.17, 15) is 0 Å². The van der Waals surface area contributed by atoms with Gasteiger partial charge in [0.2, 0.25) is 0 Å². The van der Waals surface area contributed by atoms with E-state index in [4.69, 9.17) is 5.11 Å². The standard InChI is InChI=1S/C13H26O/c1-3-5-6-7-8-9-11-13(12-14)10-4-2/h5-6,13-14H,3-4,7-12H2,1-2H3/b6-5+. The quantitative estimate of drug-likeness (QED) is 0.440. The second kappa shape index (κ2) is 10.8. The van der Waals surface area contributed by atoms with E-state index in [0.29, 0.717) is 12.5 Å². The fourth-order valence-corrected chi connectivity index (χ4v) is 1.71. The predicted octanol–water partition coefficient (Wildman–Crippen LogP) is 3.92. The zero-order valence-corrected chi connectivity index (χ0v) is 9.84. The fraction of sp³-hybridized carbons (Fsp3) is 0.846. The first-order valence-corrected chi connectivity index (χ1v) is 6.11. The van der Waals surface area contributed by atoms with Gasteiger partial charge in [0.15, 0.2) is 0 Å². The second-order valence-electron chi connectivity index (χ2n) is 4.00. The molecule has 1 heteroatoms. The van der Waals surface area contributed by atoms with Crippen LogP contribution in [0.15, 0.2) is 12.2 Å². The molecule has 0 aromatic rings. The lowest BCUT2D eigenvalue weighted by Crippen LogP contribution is -2.05. The number of rotatable bonds is 9. The van der Waals surface area contributed by atoms with Gasteiger partial charge in [-0.3, -0.25) is 0 Å². The Balaban J connectivity index is 3.28. The van der Waals surface area contributed by atoms with E-state index < -0.39 is 0 Å². The molecule has 0 heterocycles. The van der Waals surface area contributed by atoms with E-state index in [-0.39, 0.29) is 0 Å². The summed E-state index contributed by atoms with van der Waals surface area (Å²) in [7, 11) is 0. The molecule has 0 rings (SSSR count). The van der Waals surface area contributed by atoms with E-state index in [0.717, 1.165) is 6.42 Å². The number of hydrogen-bond acceptors (Lipinski definition) is 1. The maximum absolute atomic E-state index is 9.08. The molecule has 0 radical (unpaired) electrons. The third-order valence-electron chi connectivity index (χ3n) is 2.59. The summed E-state index contributed by atoms with van der Waals surface area (Å²) in [5, 5.41) is 9.08. The third-order valence-corrected chi connectivity index (χ3v) is 2.59. The highest BCUT2D eigenvalue weighted by atomic mass is 16.3. The number of unbranched alkanes of at least 4 members (excludes halogenated alkanes) is 2. The Morgan fingerprint density at radius 3 is 2.43 bits per heavy atom. The van der Waals surface area contributed by atoms with Crippen molar-refractivity contribution in [1.82, 2.24) is 0 Å². The molecule has 0 aromatic carbocycles. The first-order chi connectivity index (χ1) is 6.85. The van der Waals surface area contributed by atoms with Crippen LogP contribution in [0.25, 0.3) is 0 Å². The van der Waals surface area contributed by atoms with Gasteiger partial charge in [-0.2, -0.15) is 0 Å². The Bertz CT molecular complexity index is 129. The Morgan fingerprint density at radius 1 is 1.07 bits per heavy atom. The molecule has 1 unspecified atom stereocenters. The van der Waals surface area contributed by atoms with Crippen molar-refractivity contribution in [1.29, 1.82) is 0 Å². The average molecular weight is 198 g/mol. The molecular formula is C13H26O. The molecule has 0 fully saturated rings. The van der Waals surface area contributed by atoms with Gasteiger partial charge in [0, 0.05) is 6.61 Å². The van der Waals surface area contributed by atoms with Crippen LogP contribution in [0.2, 0.25) is 0 Å². The van der Waals surface area contributed by atoms with Crippen LogP contribution in [0.4, 0.5) is 0 Å². The topological polar surface area (TPSA) is 20.2 Å². The fourth-order valence-electron chi connectivity index (χ4n) is 1.71. The van der Waals surface area contributed by atoms with E-state index in [1.54, 1.807) is 0 Å². The van der Waals surface area contributed by atoms with Gasteiger partial charge in [-0.1, -0.05) is 38.8 Å². The Kier molecular flexibility index (Phi) is 10.5. The largest absolute Gasteiger partial charge is 0.396 e. The summed E-state index contributed by atoms with van der Waals surface area (Å²) < 4.78 is 0.